The first kappa shape index (κ1) is 17.1. The first-order valence-electron chi connectivity index (χ1n) is 7.93. The summed E-state index contributed by atoms with van der Waals surface area (Å²) in [6.07, 6.45) is -0.537. The van der Waals surface area contributed by atoms with Gasteiger partial charge in [-0.1, -0.05) is 55.8 Å². The number of carboxylic acids is 1. The van der Waals surface area contributed by atoms with Crippen molar-refractivity contribution < 1.29 is 14.6 Å². The number of rotatable bonds is 6. The van der Waals surface area contributed by atoms with Gasteiger partial charge in [0.1, 0.15) is 5.75 Å². The fourth-order valence-electron chi connectivity index (χ4n) is 2.67. The van der Waals surface area contributed by atoms with Crippen LogP contribution >= 0.6 is 0 Å². The van der Waals surface area contributed by atoms with Crippen molar-refractivity contribution in [3.05, 3.63) is 64.7 Å². The van der Waals surface area contributed by atoms with Crippen LogP contribution in [0.5, 0.6) is 5.75 Å². The number of aliphatic carboxylic acids is 1. The molecule has 3 nitrogen and oxygen atoms in total. The minimum absolute atomic E-state index is 0.279. The van der Waals surface area contributed by atoms with Gasteiger partial charge in [-0.15, -0.1) is 0 Å². The van der Waals surface area contributed by atoms with Crippen LogP contribution in [0.1, 0.15) is 42.0 Å². The van der Waals surface area contributed by atoms with E-state index in [-0.39, 0.29) is 5.92 Å². The Bertz CT molecular complexity index is 689. The Morgan fingerprint density at radius 1 is 1.13 bits per heavy atom. The lowest BCUT2D eigenvalue weighted by atomic mass is 9.99. The summed E-state index contributed by atoms with van der Waals surface area (Å²) in [5, 5.41) is 9.55. The van der Waals surface area contributed by atoms with E-state index >= 15 is 0 Å². The molecule has 0 radical (unpaired) electrons. The molecule has 0 fully saturated rings. The molecule has 0 aliphatic heterocycles. The molecule has 1 N–H and O–H groups in total. The molecule has 0 saturated heterocycles. The number of hydrogen-bond acceptors (Lipinski definition) is 2. The van der Waals surface area contributed by atoms with E-state index < -0.39 is 12.1 Å². The van der Waals surface area contributed by atoms with Crippen molar-refractivity contribution in [2.45, 2.75) is 46.1 Å². The molecule has 0 unspecified atom stereocenters. The van der Waals surface area contributed by atoms with Crippen LogP contribution in [0.2, 0.25) is 0 Å². The van der Waals surface area contributed by atoms with Crippen LogP contribution in [0.25, 0.3) is 0 Å². The number of benzene rings is 2. The summed E-state index contributed by atoms with van der Waals surface area (Å²) in [5.41, 5.74) is 4.30. The Morgan fingerprint density at radius 2 is 1.83 bits per heavy atom. The lowest BCUT2D eigenvalue weighted by molar-refractivity contribution is -0.145. The van der Waals surface area contributed by atoms with Crippen LogP contribution in [-0.2, 0) is 11.2 Å². The Labute approximate surface area is 137 Å². The van der Waals surface area contributed by atoms with Gasteiger partial charge >= 0.3 is 5.97 Å². The monoisotopic (exact) mass is 312 g/mol. The summed E-state index contributed by atoms with van der Waals surface area (Å²) >= 11 is 0. The third-order valence-electron chi connectivity index (χ3n) is 3.99. The lowest BCUT2D eigenvalue weighted by Crippen LogP contribution is -2.30. The van der Waals surface area contributed by atoms with E-state index in [1.54, 1.807) is 0 Å². The van der Waals surface area contributed by atoms with Crippen LogP contribution in [0.3, 0.4) is 0 Å². The van der Waals surface area contributed by atoms with Crippen molar-refractivity contribution in [3.63, 3.8) is 0 Å². The molecule has 0 aromatic heterocycles. The highest BCUT2D eigenvalue weighted by molar-refractivity contribution is 5.73. The largest absolute Gasteiger partial charge is 0.478 e. The highest BCUT2D eigenvalue weighted by Gasteiger charge is 2.22. The highest BCUT2D eigenvalue weighted by Crippen LogP contribution is 2.27. The first-order chi connectivity index (χ1) is 10.9. The first-order valence-corrected chi connectivity index (χ1v) is 7.93. The van der Waals surface area contributed by atoms with Crippen LogP contribution in [0, 0.1) is 13.8 Å². The van der Waals surface area contributed by atoms with Crippen LogP contribution in [-0.4, -0.2) is 17.2 Å². The van der Waals surface area contributed by atoms with Crippen molar-refractivity contribution in [1.29, 1.82) is 0 Å². The summed E-state index contributed by atoms with van der Waals surface area (Å²) in [7, 11) is 0. The maximum absolute atomic E-state index is 11.6. The summed E-state index contributed by atoms with van der Waals surface area (Å²) in [5.74, 6) is -0.00930. The van der Waals surface area contributed by atoms with Gasteiger partial charge in [0.15, 0.2) is 6.10 Å². The molecule has 2 rings (SSSR count). The maximum atomic E-state index is 11.6. The Hall–Kier alpha value is -2.29. The molecular formula is C20H24O3. The molecule has 0 spiro atoms. The van der Waals surface area contributed by atoms with E-state index in [0.29, 0.717) is 12.2 Å². The van der Waals surface area contributed by atoms with Gasteiger partial charge in [0, 0.05) is 6.42 Å². The van der Waals surface area contributed by atoms with Gasteiger partial charge in [-0.25, -0.2) is 4.79 Å². The zero-order valence-corrected chi connectivity index (χ0v) is 14.2. The van der Waals surface area contributed by atoms with Crippen LogP contribution in [0.15, 0.2) is 42.5 Å². The maximum Gasteiger partial charge on any atom is 0.345 e. The van der Waals surface area contributed by atoms with Crippen molar-refractivity contribution in [2.75, 3.05) is 0 Å². The van der Waals surface area contributed by atoms with E-state index in [4.69, 9.17) is 4.74 Å². The van der Waals surface area contributed by atoms with E-state index in [0.717, 1.165) is 16.7 Å². The molecule has 3 heteroatoms. The molecule has 23 heavy (non-hydrogen) atoms. The molecule has 2 aromatic carbocycles. The molecule has 0 bridgehead atoms. The van der Waals surface area contributed by atoms with Gasteiger partial charge < -0.3 is 9.84 Å². The Morgan fingerprint density at radius 3 is 2.43 bits per heavy atom. The number of aryl methyl sites for hydroxylation is 2. The average Bonchev–Trinajstić information content (AvgIpc) is 2.49. The molecule has 0 saturated carbocycles. The zero-order valence-electron chi connectivity index (χ0n) is 14.2. The fourth-order valence-corrected chi connectivity index (χ4v) is 2.67. The summed E-state index contributed by atoms with van der Waals surface area (Å²) < 4.78 is 5.86. The molecule has 122 valence electrons. The second-order valence-electron chi connectivity index (χ2n) is 6.27. The minimum atomic E-state index is -0.941. The van der Waals surface area contributed by atoms with Crippen molar-refractivity contribution >= 4 is 5.97 Å². The molecular weight excluding hydrogens is 288 g/mol. The van der Waals surface area contributed by atoms with E-state index in [1.165, 1.54) is 5.56 Å². The van der Waals surface area contributed by atoms with E-state index in [1.807, 2.05) is 50.2 Å². The molecule has 0 amide bonds. The van der Waals surface area contributed by atoms with Gasteiger partial charge in [-0.05, 0) is 42.5 Å². The van der Waals surface area contributed by atoms with Gasteiger partial charge in [-0.2, -0.15) is 0 Å². The summed E-state index contributed by atoms with van der Waals surface area (Å²) in [6, 6.07) is 13.7. The normalized spacial score (nSPS) is 12.2. The number of hydrogen-bond donors (Lipinski definition) is 1. The lowest BCUT2D eigenvalue weighted by Gasteiger charge is -2.20. The fraction of sp³-hybridized carbons (Fsp3) is 0.350. The van der Waals surface area contributed by atoms with Crippen molar-refractivity contribution in [1.82, 2.24) is 0 Å². The summed E-state index contributed by atoms with van der Waals surface area (Å²) in [4.78, 5) is 11.6. The summed E-state index contributed by atoms with van der Waals surface area (Å²) in [6.45, 7) is 8.17. The van der Waals surface area contributed by atoms with Gasteiger partial charge in [0.05, 0.1) is 0 Å². The van der Waals surface area contributed by atoms with Gasteiger partial charge in [-0.3, -0.25) is 0 Å². The van der Waals surface area contributed by atoms with E-state index in [9.17, 15) is 9.90 Å². The predicted molar refractivity (Wildman–Crippen MR) is 92.2 cm³/mol. The standard InChI is InChI=1S/C20H24O3/c1-13(2)17-7-5-6-8-18(17)23-19(20(21)22)12-16-10-9-14(3)11-15(16)4/h5-11,13,19H,12H2,1-4H3,(H,21,22)/t19-/m1/s1. The highest BCUT2D eigenvalue weighted by atomic mass is 16.5. The third-order valence-corrected chi connectivity index (χ3v) is 3.99. The molecule has 1 atom stereocenters. The average molecular weight is 312 g/mol. The number of para-hydroxylation sites is 1. The molecule has 2 aromatic rings. The topological polar surface area (TPSA) is 46.5 Å². The number of carbonyl (C=O) groups is 1. The third kappa shape index (κ3) is 4.35. The minimum Gasteiger partial charge on any atom is -0.478 e. The smallest absolute Gasteiger partial charge is 0.345 e. The van der Waals surface area contributed by atoms with Gasteiger partial charge in [0.25, 0.3) is 0 Å². The van der Waals surface area contributed by atoms with Gasteiger partial charge in [0.2, 0.25) is 0 Å². The zero-order chi connectivity index (χ0) is 17.0. The number of ether oxygens (including phenoxy) is 1. The second kappa shape index (κ2) is 7.32. The van der Waals surface area contributed by atoms with E-state index in [2.05, 4.69) is 19.9 Å². The van der Waals surface area contributed by atoms with Crippen LogP contribution in [0.4, 0.5) is 0 Å². The molecule has 0 aliphatic rings. The van der Waals surface area contributed by atoms with Crippen molar-refractivity contribution in [2.24, 2.45) is 0 Å². The Kier molecular flexibility index (Phi) is 5.43. The molecule has 0 heterocycles. The van der Waals surface area contributed by atoms with Crippen LogP contribution < -0.4 is 4.74 Å². The predicted octanol–water partition coefficient (Wildman–Crippen LogP) is 4.50. The number of carboxylic acid groups (broad SMARTS) is 1. The SMILES string of the molecule is Cc1ccc(C[C@@H](Oc2ccccc2C(C)C)C(=O)O)c(C)c1. The quantitative estimate of drug-likeness (QED) is 0.854. The Balaban J connectivity index is 2.25. The second-order valence-corrected chi connectivity index (χ2v) is 6.27. The van der Waals surface area contributed by atoms with Crippen molar-refractivity contribution in [3.8, 4) is 5.75 Å². The molecule has 0 aliphatic carbocycles.